The zero-order valence-electron chi connectivity index (χ0n) is 14.4. The van der Waals surface area contributed by atoms with Crippen LogP contribution in [0, 0.1) is 20.8 Å². The molecule has 3 aromatic rings. The standard InChI is InChI=1S/C18H20N4O3/c1-9-4-5-10(2)16-15(9)11(3)17(25-16)18(24)20-8-13-21-12(7-19)6-14(23)22-13/h4-6H,7-8,19H2,1-3H3,(H,20,24)(H,21,22,23). The number of carbonyl (C=O) groups is 1. The lowest BCUT2D eigenvalue weighted by atomic mass is 10.0. The van der Waals surface area contributed by atoms with Gasteiger partial charge in [0, 0.05) is 23.6 Å². The van der Waals surface area contributed by atoms with Gasteiger partial charge in [-0.3, -0.25) is 9.59 Å². The van der Waals surface area contributed by atoms with Crippen molar-refractivity contribution in [3.63, 3.8) is 0 Å². The van der Waals surface area contributed by atoms with Crippen molar-refractivity contribution in [2.75, 3.05) is 0 Å². The third-order valence-electron chi connectivity index (χ3n) is 4.16. The SMILES string of the molecule is Cc1ccc(C)c2c(C)c(C(=O)NCc3nc(CN)cc(=O)[nH]3)oc12. The van der Waals surface area contributed by atoms with Crippen LogP contribution in [0.2, 0.25) is 0 Å². The number of fused-ring (bicyclic) bond motifs is 1. The number of nitrogens with zero attached hydrogens (tertiary/aromatic N) is 1. The Morgan fingerprint density at radius 1 is 1.28 bits per heavy atom. The van der Waals surface area contributed by atoms with Gasteiger partial charge in [-0.05, 0) is 31.9 Å². The molecule has 3 rings (SSSR count). The average Bonchev–Trinajstić information content (AvgIpc) is 2.94. The van der Waals surface area contributed by atoms with Gasteiger partial charge >= 0.3 is 0 Å². The normalized spacial score (nSPS) is 11.0. The molecule has 130 valence electrons. The van der Waals surface area contributed by atoms with Crippen molar-refractivity contribution in [1.82, 2.24) is 15.3 Å². The smallest absolute Gasteiger partial charge is 0.287 e. The van der Waals surface area contributed by atoms with Gasteiger partial charge in [-0.2, -0.15) is 0 Å². The molecule has 0 saturated heterocycles. The fourth-order valence-corrected chi connectivity index (χ4v) is 2.89. The molecule has 7 heteroatoms. The summed E-state index contributed by atoms with van der Waals surface area (Å²) in [7, 11) is 0. The Balaban J connectivity index is 1.87. The fourth-order valence-electron chi connectivity index (χ4n) is 2.89. The molecule has 0 atom stereocenters. The van der Waals surface area contributed by atoms with Gasteiger partial charge in [0.15, 0.2) is 5.76 Å². The topological polar surface area (TPSA) is 114 Å². The minimum Gasteiger partial charge on any atom is -0.450 e. The molecular formula is C18H20N4O3. The van der Waals surface area contributed by atoms with Crippen molar-refractivity contribution >= 4 is 16.9 Å². The number of aromatic nitrogens is 2. The van der Waals surface area contributed by atoms with Crippen molar-refractivity contribution in [1.29, 1.82) is 0 Å². The third kappa shape index (κ3) is 3.18. The predicted molar refractivity (Wildman–Crippen MR) is 94.3 cm³/mol. The number of carbonyl (C=O) groups excluding carboxylic acids is 1. The van der Waals surface area contributed by atoms with Crippen molar-refractivity contribution in [3.05, 3.63) is 62.5 Å². The molecule has 0 saturated carbocycles. The van der Waals surface area contributed by atoms with Crippen LogP contribution >= 0.6 is 0 Å². The van der Waals surface area contributed by atoms with Gasteiger partial charge in [0.2, 0.25) is 0 Å². The van der Waals surface area contributed by atoms with Gasteiger partial charge in [-0.25, -0.2) is 4.98 Å². The number of H-pyrrole nitrogens is 1. The maximum Gasteiger partial charge on any atom is 0.287 e. The monoisotopic (exact) mass is 340 g/mol. The Labute approximate surface area is 144 Å². The Morgan fingerprint density at radius 3 is 2.68 bits per heavy atom. The number of hydrogen-bond donors (Lipinski definition) is 3. The fraction of sp³-hybridized carbons (Fsp3) is 0.278. The molecule has 7 nitrogen and oxygen atoms in total. The quantitative estimate of drug-likeness (QED) is 0.670. The second-order valence-electron chi connectivity index (χ2n) is 6.03. The third-order valence-corrected chi connectivity index (χ3v) is 4.16. The lowest BCUT2D eigenvalue weighted by Gasteiger charge is -2.05. The first kappa shape index (κ1) is 16.9. The van der Waals surface area contributed by atoms with Crippen molar-refractivity contribution in [2.24, 2.45) is 5.73 Å². The van der Waals surface area contributed by atoms with E-state index in [4.69, 9.17) is 10.2 Å². The minimum atomic E-state index is -0.353. The van der Waals surface area contributed by atoms with Crippen LogP contribution in [-0.4, -0.2) is 15.9 Å². The number of aromatic amines is 1. The molecule has 2 aromatic heterocycles. The van der Waals surface area contributed by atoms with Crippen LogP contribution < -0.4 is 16.6 Å². The van der Waals surface area contributed by atoms with E-state index in [0.717, 1.165) is 27.7 Å². The van der Waals surface area contributed by atoms with Crippen LogP contribution in [-0.2, 0) is 13.1 Å². The molecule has 0 aliphatic heterocycles. The molecule has 2 heterocycles. The van der Waals surface area contributed by atoms with Gasteiger partial charge in [0.05, 0.1) is 12.2 Å². The van der Waals surface area contributed by atoms with E-state index in [1.807, 2.05) is 32.9 Å². The molecule has 0 bridgehead atoms. The highest BCUT2D eigenvalue weighted by molar-refractivity contribution is 6.00. The number of hydrogen-bond acceptors (Lipinski definition) is 5. The van der Waals surface area contributed by atoms with Crippen molar-refractivity contribution < 1.29 is 9.21 Å². The first-order valence-electron chi connectivity index (χ1n) is 7.97. The summed E-state index contributed by atoms with van der Waals surface area (Å²) in [4.78, 5) is 30.8. The molecule has 1 aromatic carbocycles. The lowest BCUT2D eigenvalue weighted by molar-refractivity contribution is 0.0923. The zero-order chi connectivity index (χ0) is 18.1. The number of nitrogens with one attached hydrogen (secondary N) is 2. The zero-order valence-corrected chi connectivity index (χ0v) is 14.4. The highest BCUT2D eigenvalue weighted by Crippen LogP contribution is 2.30. The Bertz CT molecular complexity index is 1020. The maximum atomic E-state index is 12.5. The van der Waals surface area contributed by atoms with Crippen LogP contribution in [0.1, 0.15) is 38.8 Å². The summed E-state index contributed by atoms with van der Waals surface area (Å²) in [5.74, 6) is 0.264. The summed E-state index contributed by atoms with van der Waals surface area (Å²) in [5.41, 5.74) is 9.23. The Hall–Kier alpha value is -2.93. The maximum absolute atomic E-state index is 12.5. The average molecular weight is 340 g/mol. The summed E-state index contributed by atoms with van der Waals surface area (Å²) in [5, 5.41) is 3.69. The molecule has 0 fully saturated rings. The molecule has 4 N–H and O–H groups in total. The number of amides is 1. The largest absolute Gasteiger partial charge is 0.450 e. The second kappa shape index (κ2) is 6.52. The van der Waals surface area contributed by atoms with E-state index >= 15 is 0 Å². The Morgan fingerprint density at radius 2 is 2.00 bits per heavy atom. The molecule has 0 aliphatic rings. The van der Waals surface area contributed by atoms with Gasteiger partial charge in [0.25, 0.3) is 11.5 Å². The minimum absolute atomic E-state index is 0.0797. The van der Waals surface area contributed by atoms with Crippen molar-refractivity contribution in [3.8, 4) is 0 Å². The van der Waals surface area contributed by atoms with E-state index in [0.29, 0.717) is 11.5 Å². The van der Waals surface area contributed by atoms with E-state index in [9.17, 15) is 9.59 Å². The first-order valence-corrected chi connectivity index (χ1v) is 7.97. The van der Waals surface area contributed by atoms with E-state index in [1.165, 1.54) is 6.07 Å². The van der Waals surface area contributed by atoms with E-state index < -0.39 is 0 Å². The van der Waals surface area contributed by atoms with Crippen LogP contribution in [0.4, 0.5) is 0 Å². The molecular weight excluding hydrogens is 320 g/mol. The number of benzene rings is 1. The highest BCUT2D eigenvalue weighted by atomic mass is 16.3. The number of aryl methyl sites for hydroxylation is 3. The van der Waals surface area contributed by atoms with Crippen LogP contribution in [0.15, 0.2) is 27.4 Å². The number of rotatable bonds is 4. The number of furan rings is 1. The van der Waals surface area contributed by atoms with Crippen LogP contribution in [0.5, 0.6) is 0 Å². The molecule has 0 aliphatic carbocycles. The van der Waals surface area contributed by atoms with E-state index in [2.05, 4.69) is 15.3 Å². The van der Waals surface area contributed by atoms with E-state index in [-0.39, 0.29) is 30.3 Å². The highest BCUT2D eigenvalue weighted by Gasteiger charge is 2.20. The molecule has 0 radical (unpaired) electrons. The molecule has 25 heavy (non-hydrogen) atoms. The summed E-state index contributed by atoms with van der Waals surface area (Å²) in [6.07, 6.45) is 0. The van der Waals surface area contributed by atoms with Crippen molar-refractivity contribution in [2.45, 2.75) is 33.9 Å². The first-order chi connectivity index (χ1) is 11.9. The molecule has 0 spiro atoms. The summed E-state index contributed by atoms with van der Waals surface area (Å²) in [6.45, 7) is 6.03. The predicted octanol–water partition coefficient (Wildman–Crippen LogP) is 1.83. The Kier molecular flexibility index (Phi) is 4.41. The van der Waals surface area contributed by atoms with Gasteiger partial charge in [-0.15, -0.1) is 0 Å². The summed E-state index contributed by atoms with van der Waals surface area (Å²) >= 11 is 0. The lowest BCUT2D eigenvalue weighted by Crippen LogP contribution is -2.26. The van der Waals surface area contributed by atoms with Gasteiger partial charge in [-0.1, -0.05) is 12.1 Å². The second-order valence-corrected chi connectivity index (χ2v) is 6.03. The summed E-state index contributed by atoms with van der Waals surface area (Å²) < 4.78 is 5.80. The molecule has 0 unspecified atom stereocenters. The van der Waals surface area contributed by atoms with E-state index in [1.54, 1.807) is 0 Å². The van der Waals surface area contributed by atoms with Crippen LogP contribution in [0.3, 0.4) is 0 Å². The van der Waals surface area contributed by atoms with Crippen LogP contribution in [0.25, 0.3) is 11.0 Å². The van der Waals surface area contributed by atoms with Gasteiger partial charge in [0.1, 0.15) is 11.4 Å². The van der Waals surface area contributed by atoms with Gasteiger partial charge < -0.3 is 20.5 Å². The number of nitrogens with two attached hydrogens (primary N) is 1. The molecule has 1 amide bonds. The summed E-state index contributed by atoms with van der Waals surface area (Å²) in [6, 6.07) is 5.31.